The maximum absolute atomic E-state index is 11.4. The van der Waals surface area contributed by atoms with Crippen LogP contribution < -0.4 is 16.2 Å². The molecule has 0 saturated carbocycles. The molecule has 3 aliphatic rings. The molecule has 0 radical (unpaired) electrons. The Morgan fingerprint density at radius 3 is 2.56 bits per heavy atom. The normalized spacial score (nSPS) is 24.7. The summed E-state index contributed by atoms with van der Waals surface area (Å²) in [5, 5.41) is 3.87. The first-order chi connectivity index (χ1) is 12.7. The SMILES string of the molecule is CC(=O)NNC(=O)[C@@H]1CCCNC1.O=C1N2CCC[C@H](C2)N1OS(=O)(=O)O. The molecule has 0 aromatic heterocycles. The number of piperidine rings is 2. The highest BCUT2D eigenvalue weighted by Gasteiger charge is 2.42. The number of nitrogens with one attached hydrogen (secondary N) is 3. The molecule has 3 fully saturated rings. The maximum atomic E-state index is 11.4. The van der Waals surface area contributed by atoms with Gasteiger partial charge in [0, 0.05) is 26.6 Å². The second-order valence-electron chi connectivity index (χ2n) is 6.57. The molecular weight excluding hydrogens is 382 g/mol. The molecule has 0 aromatic carbocycles. The van der Waals surface area contributed by atoms with E-state index in [-0.39, 0.29) is 23.8 Å². The first-order valence-electron chi connectivity index (χ1n) is 8.69. The van der Waals surface area contributed by atoms with E-state index in [2.05, 4.69) is 20.5 Å². The minimum atomic E-state index is -4.60. The second-order valence-corrected chi connectivity index (χ2v) is 7.57. The highest BCUT2D eigenvalue weighted by atomic mass is 32.3. The lowest BCUT2D eigenvalue weighted by molar-refractivity contribution is -0.130. The van der Waals surface area contributed by atoms with Gasteiger partial charge in [-0.25, -0.2) is 4.79 Å². The molecule has 13 heteroatoms. The zero-order valence-corrected chi connectivity index (χ0v) is 15.8. The summed E-state index contributed by atoms with van der Waals surface area (Å²) in [6.45, 7) is 4.11. The molecule has 0 unspecified atom stereocenters. The number of amides is 4. The summed E-state index contributed by atoms with van der Waals surface area (Å²) in [5.74, 6) is -0.375. The molecule has 12 nitrogen and oxygen atoms in total. The van der Waals surface area contributed by atoms with Crippen LogP contribution in [0.1, 0.15) is 32.6 Å². The Hall–Kier alpha value is -1.96. The molecule has 3 rings (SSSR count). The maximum Gasteiger partial charge on any atom is 0.418 e. The minimum Gasteiger partial charge on any atom is -0.321 e. The van der Waals surface area contributed by atoms with Crippen LogP contribution in [0.4, 0.5) is 4.79 Å². The van der Waals surface area contributed by atoms with Crippen LogP contribution in [0.5, 0.6) is 0 Å². The van der Waals surface area contributed by atoms with E-state index in [9.17, 15) is 22.8 Å². The van der Waals surface area contributed by atoms with Crippen molar-refractivity contribution in [3.63, 3.8) is 0 Å². The Morgan fingerprint density at radius 2 is 2.00 bits per heavy atom. The summed E-state index contributed by atoms with van der Waals surface area (Å²) in [6, 6.07) is -0.761. The third-order valence-electron chi connectivity index (χ3n) is 4.39. The van der Waals surface area contributed by atoms with Crippen molar-refractivity contribution in [2.24, 2.45) is 5.92 Å². The van der Waals surface area contributed by atoms with Gasteiger partial charge in [-0.1, -0.05) is 0 Å². The largest absolute Gasteiger partial charge is 0.418 e. The van der Waals surface area contributed by atoms with E-state index in [0.717, 1.165) is 30.9 Å². The standard InChI is InChI=1S/C8H15N3O2.C6H10N2O5S/c1-6(12)10-11-8(13)7-3-2-4-9-5-7;9-6-7-3-1-2-5(4-7)8(6)13-14(10,11)12/h7,9H,2-5H2,1H3,(H,10,12)(H,11,13);5H,1-4H2,(H,10,11,12)/t7-;5-/m11/s1. The van der Waals surface area contributed by atoms with Gasteiger partial charge in [0.1, 0.15) is 0 Å². The Kier molecular flexibility index (Phi) is 7.35. The zero-order valence-electron chi connectivity index (χ0n) is 15.0. The average Bonchev–Trinajstić information content (AvgIpc) is 2.82. The molecule has 27 heavy (non-hydrogen) atoms. The fourth-order valence-electron chi connectivity index (χ4n) is 3.14. The number of hydrogen-bond donors (Lipinski definition) is 4. The van der Waals surface area contributed by atoms with Crippen LogP contribution in [0.2, 0.25) is 0 Å². The highest BCUT2D eigenvalue weighted by molar-refractivity contribution is 7.80. The van der Waals surface area contributed by atoms with Crippen LogP contribution in [0.15, 0.2) is 0 Å². The molecule has 0 aliphatic carbocycles. The first kappa shape index (κ1) is 21.3. The molecular formula is C14H25N5O7S. The molecule has 2 bridgehead atoms. The van der Waals surface area contributed by atoms with Gasteiger partial charge in [0.2, 0.25) is 11.8 Å². The Bertz CT molecular complexity index is 665. The van der Waals surface area contributed by atoms with E-state index in [1.807, 2.05) is 0 Å². The van der Waals surface area contributed by atoms with E-state index in [1.165, 1.54) is 11.8 Å². The van der Waals surface area contributed by atoms with Crippen LogP contribution in [0.25, 0.3) is 0 Å². The number of hydrogen-bond acceptors (Lipinski definition) is 7. The molecule has 2 atom stereocenters. The van der Waals surface area contributed by atoms with Gasteiger partial charge >= 0.3 is 16.4 Å². The summed E-state index contributed by atoms with van der Waals surface area (Å²) >= 11 is 0. The van der Waals surface area contributed by atoms with Crippen LogP contribution in [0.3, 0.4) is 0 Å². The summed E-state index contributed by atoms with van der Waals surface area (Å²) < 4.78 is 33.5. The topological polar surface area (TPSA) is 157 Å². The van der Waals surface area contributed by atoms with Gasteiger partial charge in [0.05, 0.1) is 12.0 Å². The summed E-state index contributed by atoms with van der Waals surface area (Å²) in [5.41, 5.74) is 4.65. The summed E-state index contributed by atoms with van der Waals surface area (Å²) in [7, 11) is -4.60. The Labute approximate surface area is 157 Å². The van der Waals surface area contributed by atoms with Crippen LogP contribution >= 0.6 is 0 Å². The fourth-order valence-corrected chi connectivity index (χ4v) is 3.53. The molecule has 3 heterocycles. The number of nitrogens with zero attached hydrogens (tertiary/aromatic N) is 2. The number of urea groups is 1. The minimum absolute atomic E-state index is 0.0133. The Morgan fingerprint density at radius 1 is 1.26 bits per heavy atom. The van der Waals surface area contributed by atoms with Gasteiger partial charge in [-0.15, -0.1) is 4.28 Å². The van der Waals surface area contributed by atoms with E-state index in [0.29, 0.717) is 26.1 Å². The third kappa shape index (κ3) is 6.61. The highest BCUT2D eigenvalue weighted by Crippen LogP contribution is 2.26. The lowest BCUT2D eigenvalue weighted by atomic mass is 9.99. The average molecular weight is 407 g/mol. The first-order valence-corrected chi connectivity index (χ1v) is 10.1. The van der Waals surface area contributed by atoms with Crippen molar-refractivity contribution in [1.29, 1.82) is 0 Å². The van der Waals surface area contributed by atoms with Crippen molar-refractivity contribution in [3.05, 3.63) is 0 Å². The van der Waals surface area contributed by atoms with Crippen LogP contribution in [0, 0.1) is 5.92 Å². The molecule has 4 N–H and O–H groups in total. The number of carbonyl (C=O) groups is 3. The predicted octanol–water partition coefficient (Wildman–Crippen LogP) is -1.23. The molecule has 3 saturated heterocycles. The monoisotopic (exact) mass is 407 g/mol. The molecule has 0 aromatic rings. The summed E-state index contributed by atoms with van der Waals surface area (Å²) in [6.07, 6.45) is 3.41. The van der Waals surface area contributed by atoms with E-state index in [1.54, 1.807) is 0 Å². The van der Waals surface area contributed by atoms with Gasteiger partial charge in [0.25, 0.3) is 0 Å². The van der Waals surface area contributed by atoms with Gasteiger partial charge < -0.3 is 10.2 Å². The molecule has 0 spiro atoms. The van der Waals surface area contributed by atoms with E-state index in [4.69, 9.17) is 4.55 Å². The van der Waals surface area contributed by atoms with Crippen molar-refractivity contribution >= 4 is 28.2 Å². The second kappa shape index (κ2) is 9.30. The van der Waals surface area contributed by atoms with Crippen molar-refractivity contribution in [2.45, 2.75) is 38.6 Å². The number of carbonyl (C=O) groups excluding carboxylic acids is 3. The zero-order chi connectivity index (χ0) is 20.0. The fraction of sp³-hybridized carbons (Fsp3) is 0.786. The van der Waals surface area contributed by atoms with Crippen molar-refractivity contribution in [2.75, 3.05) is 26.2 Å². The molecule has 3 aliphatic heterocycles. The van der Waals surface area contributed by atoms with Crippen LogP contribution in [-0.4, -0.2) is 73.0 Å². The van der Waals surface area contributed by atoms with Crippen molar-refractivity contribution in [3.8, 4) is 0 Å². The molecule has 4 amide bonds. The van der Waals surface area contributed by atoms with Gasteiger partial charge in [0.15, 0.2) is 0 Å². The van der Waals surface area contributed by atoms with Gasteiger partial charge in [-0.05, 0) is 32.2 Å². The summed E-state index contributed by atoms with van der Waals surface area (Å²) in [4.78, 5) is 34.7. The molecule has 154 valence electrons. The smallest absolute Gasteiger partial charge is 0.321 e. The number of fused-ring (bicyclic) bond motifs is 2. The van der Waals surface area contributed by atoms with Crippen molar-refractivity contribution < 1.29 is 31.6 Å². The van der Waals surface area contributed by atoms with E-state index < -0.39 is 16.4 Å². The predicted molar refractivity (Wildman–Crippen MR) is 92.0 cm³/mol. The number of hydrazine groups is 1. The number of rotatable bonds is 3. The Balaban J connectivity index is 0.000000194. The lowest BCUT2D eigenvalue weighted by Gasteiger charge is -2.21. The number of hydroxylamine groups is 2. The van der Waals surface area contributed by atoms with Gasteiger partial charge in [-0.2, -0.15) is 13.5 Å². The van der Waals surface area contributed by atoms with Crippen LogP contribution in [-0.2, 0) is 24.3 Å². The third-order valence-corrected chi connectivity index (χ3v) is 4.74. The van der Waals surface area contributed by atoms with Crippen molar-refractivity contribution in [1.82, 2.24) is 26.1 Å². The lowest BCUT2D eigenvalue weighted by Crippen LogP contribution is -2.47. The quantitative estimate of drug-likeness (QED) is 0.335. The van der Waals surface area contributed by atoms with E-state index >= 15 is 0 Å². The van der Waals surface area contributed by atoms with Gasteiger partial charge in [-0.3, -0.25) is 25.0 Å².